The lowest BCUT2D eigenvalue weighted by Gasteiger charge is -2.60. The summed E-state index contributed by atoms with van der Waals surface area (Å²) in [6.45, 7) is 8.43. The number of terminal acetylenes is 1. The van der Waals surface area contributed by atoms with Gasteiger partial charge in [0.2, 0.25) is 11.8 Å². The number of hydrogen-bond donors (Lipinski definition) is 3. The Morgan fingerprint density at radius 2 is 1.73 bits per heavy atom. The Morgan fingerprint density at radius 1 is 0.944 bits per heavy atom. The number of likely N-dealkylation sites (tertiary alicyclic amines) is 2. The average Bonchev–Trinajstić information content (AvgIpc) is 3.92. The van der Waals surface area contributed by atoms with Gasteiger partial charge in [-0.1, -0.05) is 24.1 Å². The first-order chi connectivity index (χ1) is 34.4. The summed E-state index contributed by atoms with van der Waals surface area (Å²) in [6, 6.07) is 12.9. The minimum atomic E-state index is -0.716. The molecule has 6 aromatic rings. The number of imide groups is 1. The molecule has 14 nitrogen and oxygen atoms in total. The number of nitrogens with zero attached hydrogens (tertiary/aromatic N) is 8. The summed E-state index contributed by atoms with van der Waals surface area (Å²) >= 11 is 0. The largest absolute Gasteiger partial charge is 0.508 e. The van der Waals surface area contributed by atoms with Crippen molar-refractivity contribution < 1.29 is 28.2 Å². The summed E-state index contributed by atoms with van der Waals surface area (Å²) in [7, 11) is 1.94. The molecule has 2 bridgehead atoms. The van der Waals surface area contributed by atoms with Gasteiger partial charge < -0.3 is 29.9 Å². The Morgan fingerprint density at radius 3 is 2.48 bits per heavy atom. The maximum atomic E-state index is 17.1. The molecule has 2 aliphatic carbocycles. The van der Waals surface area contributed by atoms with Gasteiger partial charge >= 0.3 is 6.01 Å². The van der Waals surface area contributed by atoms with Crippen LogP contribution < -0.4 is 20.3 Å². The van der Waals surface area contributed by atoms with E-state index in [1.54, 1.807) is 6.20 Å². The van der Waals surface area contributed by atoms with E-state index in [0.29, 0.717) is 64.8 Å². The van der Waals surface area contributed by atoms with Crippen molar-refractivity contribution in [2.75, 3.05) is 63.9 Å². The summed E-state index contributed by atoms with van der Waals surface area (Å²) in [5.41, 5.74) is 3.67. The standard InChI is InChI=1S/C55H58F2N10O4/c1-3-38-43(56)10-5-34-18-37(68)20-41(46(34)38)49-47(57)50-42(23-58-49)51(67-25-35-6-7-36(26-67)59-35)62-53(61-50)71-30-54(14-15-54)27-66-28-55(29-66)21-31(22-55)24-65-16-12-32(13-17-65)33-4-8-39-44(19-33)64(2)63-48(39)40-9-11-45(69)60-52(40)70/h1,4-5,8,10,18-20,23,31-32,35-36,40,59,68H,6-7,9,11-17,21-22,24-30H2,2H3,(H,60,69,70). The van der Waals surface area contributed by atoms with E-state index in [9.17, 15) is 14.7 Å². The lowest BCUT2D eigenvalue weighted by atomic mass is 9.57. The van der Waals surface area contributed by atoms with Crippen LogP contribution in [0.3, 0.4) is 0 Å². The number of pyridine rings is 1. The average molecular weight is 961 g/mol. The zero-order valence-corrected chi connectivity index (χ0v) is 40.0. The molecular weight excluding hydrogens is 903 g/mol. The molecule has 3 N–H and O–H groups in total. The van der Waals surface area contributed by atoms with Crippen LogP contribution in [0, 0.1) is 40.7 Å². The predicted octanol–water partition coefficient (Wildman–Crippen LogP) is 6.91. The van der Waals surface area contributed by atoms with Crippen molar-refractivity contribution >= 4 is 50.2 Å². The topological polar surface area (TPSA) is 154 Å². The number of rotatable bonds is 11. The Labute approximate surface area is 410 Å². The molecule has 2 saturated carbocycles. The van der Waals surface area contributed by atoms with Gasteiger partial charge in [0.25, 0.3) is 0 Å². The molecule has 8 heterocycles. The number of halogens is 2. The van der Waals surface area contributed by atoms with E-state index in [-0.39, 0.29) is 51.3 Å². The van der Waals surface area contributed by atoms with Gasteiger partial charge in [0.1, 0.15) is 28.6 Å². The first-order valence-corrected chi connectivity index (χ1v) is 25.6. The number of ether oxygens (including phenoxy) is 1. The number of aromatic nitrogens is 5. The fourth-order valence-corrected chi connectivity index (χ4v) is 13.6. The zero-order valence-electron chi connectivity index (χ0n) is 40.0. The Balaban J connectivity index is 0.642. The Bertz CT molecular complexity index is 3210. The number of benzene rings is 3. The van der Waals surface area contributed by atoms with Gasteiger partial charge in [-0.05, 0) is 123 Å². The highest BCUT2D eigenvalue weighted by Crippen LogP contribution is 2.55. The number of anilines is 1. The first-order valence-electron chi connectivity index (χ1n) is 25.6. The highest BCUT2D eigenvalue weighted by molar-refractivity contribution is 6.04. The minimum absolute atomic E-state index is 0.00300. The predicted molar refractivity (Wildman–Crippen MR) is 265 cm³/mol. The molecule has 3 aromatic heterocycles. The highest BCUT2D eigenvalue weighted by Gasteiger charge is 2.55. The molecule has 3 aromatic carbocycles. The number of piperazine rings is 1. The van der Waals surface area contributed by atoms with Gasteiger partial charge in [-0.25, -0.2) is 8.78 Å². The number of hydrogen-bond acceptors (Lipinski definition) is 12. The molecule has 71 heavy (non-hydrogen) atoms. The number of phenols is 1. The van der Waals surface area contributed by atoms with Crippen LogP contribution in [0.1, 0.15) is 92.9 Å². The van der Waals surface area contributed by atoms with Gasteiger partial charge in [0, 0.05) is 92.8 Å². The SMILES string of the molecule is C#Cc1c(F)ccc2cc(O)cc(-c3ncc4c(N5CC6CCC(C5)N6)nc(OCC5(CN6CC7(CC(CN8CCC(c9ccc%10c(C%11CCC(=O)NC%11=O)nn(C)c%10c9)CC8)C7)C6)CC5)nc4c3F)c12. The van der Waals surface area contributed by atoms with Crippen molar-refractivity contribution in [3.63, 3.8) is 0 Å². The molecule has 13 rings (SSSR count). The first kappa shape index (κ1) is 44.6. The number of piperidine rings is 2. The van der Waals surface area contributed by atoms with E-state index in [0.717, 1.165) is 107 Å². The third kappa shape index (κ3) is 7.95. The third-order valence-corrected chi connectivity index (χ3v) is 17.2. The molecule has 16 heteroatoms. The number of fused-ring (bicyclic) bond motifs is 5. The van der Waals surface area contributed by atoms with Crippen molar-refractivity contribution in [1.82, 2.24) is 45.2 Å². The smallest absolute Gasteiger partial charge is 0.319 e. The monoisotopic (exact) mass is 960 g/mol. The number of amides is 2. The Kier molecular flexibility index (Phi) is 10.6. The van der Waals surface area contributed by atoms with Gasteiger partial charge in [-0.2, -0.15) is 15.1 Å². The molecule has 0 radical (unpaired) electrons. The maximum absolute atomic E-state index is 17.1. The van der Waals surface area contributed by atoms with E-state index in [1.165, 1.54) is 49.2 Å². The van der Waals surface area contributed by atoms with Crippen molar-refractivity contribution in [2.24, 2.45) is 23.8 Å². The van der Waals surface area contributed by atoms with E-state index in [2.05, 4.69) is 54.4 Å². The molecule has 366 valence electrons. The summed E-state index contributed by atoms with van der Waals surface area (Å²) in [4.78, 5) is 46.1. The van der Waals surface area contributed by atoms with E-state index >= 15 is 8.78 Å². The van der Waals surface area contributed by atoms with Crippen molar-refractivity contribution in [3.05, 3.63) is 77.1 Å². The Hall–Kier alpha value is -6.28. The number of nitrogens with one attached hydrogen (secondary N) is 2. The molecule has 7 fully saturated rings. The fraction of sp³-hybridized carbons (Fsp3) is 0.491. The maximum Gasteiger partial charge on any atom is 0.319 e. The number of carbonyl (C=O) groups is 2. The molecule has 5 saturated heterocycles. The molecule has 3 atom stereocenters. The normalized spacial score (nSPS) is 24.4. The second-order valence-corrected chi connectivity index (χ2v) is 22.3. The lowest BCUT2D eigenvalue weighted by molar-refractivity contribution is -0.134. The molecule has 1 spiro atoms. The van der Waals surface area contributed by atoms with Crippen LogP contribution in [-0.4, -0.2) is 123 Å². The third-order valence-electron chi connectivity index (χ3n) is 17.2. The summed E-state index contributed by atoms with van der Waals surface area (Å²) in [6.07, 6.45) is 17.2. The highest BCUT2D eigenvalue weighted by atomic mass is 19.1. The second kappa shape index (κ2) is 16.9. The number of aryl methyl sites for hydroxylation is 1. The van der Waals surface area contributed by atoms with Crippen molar-refractivity contribution in [1.29, 1.82) is 0 Å². The van der Waals surface area contributed by atoms with Gasteiger partial charge in [-0.15, -0.1) is 6.42 Å². The summed E-state index contributed by atoms with van der Waals surface area (Å²) in [5, 5.41) is 23.8. The van der Waals surface area contributed by atoms with Crippen molar-refractivity contribution in [2.45, 2.75) is 88.1 Å². The zero-order chi connectivity index (χ0) is 48.3. The summed E-state index contributed by atoms with van der Waals surface area (Å²) < 4.78 is 40.6. The number of aromatic hydroxyl groups is 1. The quantitative estimate of drug-likeness (QED) is 0.0914. The van der Waals surface area contributed by atoms with Gasteiger partial charge in [-0.3, -0.25) is 24.6 Å². The lowest BCUT2D eigenvalue weighted by Crippen LogP contribution is -2.64. The van der Waals surface area contributed by atoms with Crippen LogP contribution in [0.25, 0.3) is 43.8 Å². The van der Waals surface area contributed by atoms with Crippen LogP contribution in [0.4, 0.5) is 14.6 Å². The van der Waals surface area contributed by atoms with Crippen LogP contribution >= 0.6 is 0 Å². The fourth-order valence-electron chi connectivity index (χ4n) is 13.6. The van der Waals surface area contributed by atoms with E-state index in [4.69, 9.17) is 26.2 Å². The van der Waals surface area contributed by atoms with Crippen LogP contribution in [-0.2, 0) is 16.6 Å². The van der Waals surface area contributed by atoms with Crippen molar-refractivity contribution in [3.8, 4) is 35.4 Å². The minimum Gasteiger partial charge on any atom is -0.508 e. The number of carbonyl (C=O) groups excluding carboxylic acids is 2. The van der Waals surface area contributed by atoms with Crippen LogP contribution in [0.5, 0.6) is 11.8 Å². The molecule has 2 amide bonds. The number of phenolic OH excluding ortho intramolecular Hbond substituents is 1. The van der Waals surface area contributed by atoms with E-state index in [1.807, 2.05) is 11.7 Å². The van der Waals surface area contributed by atoms with E-state index < -0.39 is 17.6 Å². The van der Waals surface area contributed by atoms with Gasteiger partial charge in [0.15, 0.2) is 5.82 Å². The van der Waals surface area contributed by atoms with Gasteiger partial charge in [0.05, 0.1) is 34.7 Å². The summed E-state index contributed by atoms with van der Waals surface area (Å²) in [5.74, 6) is 1.92. The molecular formula is C55H58F2N10O4. The second-order valence-electron chi connectivity index (χ2n) is 22.3. The molecule has 3 unspecified atom stereocenters. The molecule has 5 aliphatic heterocycles. The van der Waals surface area contributed by atoms with Crippen LogP contribution in [0.2, 0.25) is 0 Å². The molecule has 7 aliphatic rings. The van der Waals surface area contributed by atoms with Crippen LogP contribution in [0.15, 0.2) is 48.7 Å².